The fraction of sp³-hybridized carbons (Fsp3) is 0.154. The lowest BCUT2D eigenvalue weighted by Gasteiger charge is -2.15. The molecule has 0 saturated heterocycles. The van der Waals surface area contributed by atoms with Gasteiger partial charge < -0.3 is 10.5 Å². The molecule has 3 aromatic carbocycles. The largest absolute Gasteiger partial charge is 0.490 e. The van der Waals surface area contributed by atoms with Crippen molar-refractivity contribution in [3.8, 4) is 17.0 Å². The van der Waals surface area contributed by atoms with Crippen LogP contribution in [0.5, 0.6) is 5.75 Å². The van der Waals surface area contributed by atoms with E-state index in [9.17, 15) is 17.8 Å². The minimum Gasteiger partial charge on any atom is -0.490 e. The average Bonchev–Trinajstić information content (AvgIpc) is 2.84. The minimum atomic E-state index is -4.51. The van der Waals surface area contributed by atoms with Crippen molar-refractivity contribution in [2.45, 2.75) is 31.8 Å². The summed E-state index contributed by atoms with van der Waals surface area (Å²) in [5.74, 6) is 0.548. The van der Waals surface area contributed by atoms with Gasteiger partial charge in [-0.3, -0.25) is 14.3 Å². The first kappa shape index (κ1) is 25.0. The van der Waals surface area contributed by atoms with Gasteiger partial charge in [-0.05, 0) is 56.7 Å². The van der Waals surface area contributed by atoms with E-state index in [0.717, 1.165) is 17.4 Å². The van der Waals surface area contributed by atoms with Crippen LogP contribution < -0.4 is 10.5 Å². The summed E-state index contributed by atoms with van der Waals surface area (Å²) in [4.78, 5) is 15.7. The Bertz CT molecular complexity index is 1600. The van der Waals surface area contributed by atoms with Crippen molar-refractivity contribution >= 4 is 44.2 Å². The summed E-state index contributed by atoms with van der Waals surface area (Å²) >= 11 is 0. The molecule has 0 amide bonds. The van der Waals surface area contributed by atoms with E-state index in [0.29, 0.717) is 28.1 Å². The number of aromatic nitrogens is 1. The second-order valence-corrected chi connectivity index (χ2v) is 9.82. The number of anilines is 1. The highest BCUT2D eigenvalue weighted by Crippen LogP contribution is 2.37. The number of pyridine rings is 1. The summed E-state index contributed by atoms with van der Waals surface area (Å²) in [5, 5.41) is 8.96. The zero-order valence-electron chi connectivity index (χ0n) is 19.8. The van der Waals surface area contributed by atoms with Crippen molar-refractivity contribution in [3.05, 3.63) is 71.9 Å². The quantitative estimate of drug-likeness (QED) is 0.135. The maximum atomic E-state index is 11.9. The zero-order valence-corrected chi connectivity index (χ0v) is 20.7. The van der Waals surface area contributed by atoms with Gasteiger partial charge in [-0.1, -0.05) is 24.3 Å². The third-order valence-corrected chi connectivity index (χ3v) is 6.30. The maximum Gasteiger partial charge on any atom is 0.295 e. The zero-order chi connectivity index (χ0) is 26.0. The van der Waals surface area contributed by atoms with E-state index in [-0.39, 0.29) is 27.8 Å². The number of rotatable bonds is 7. The molecule has 4 aromatic rings. The molecule has 3 N–H and O–H groups in total. The van der Waals surface area contributed by atoms with Gasteiger partial charge in [0.2, 0.25) is 0 Å². The standard InChI is InChI=1S/C26H24N4O5S/c1-15(2)35-26-16(3)10-17(11-18(26)14-31)22-9-8-19(13-28-22)29-30-23-12-24(36(32,33)34)20-6-4-5-7-21(20)25(23)27/h4-15H,27H2,1-3H3,(H,32,33,34). The molecular formula is C26H24N4O5S. The number of carbonyl (C=O) groups is 1. The van der Waals surface area contributed by atoms with Crippen LogP contribution in [0.2, 0.25) is 0 Å². The second-order valence-electron chi connectivity index (χ2n) is 8.43. The number of azo groups is 1. The van der Waals surface area contributed by atoms with Crippen molar-refractivity contribution in [2.75, 3.05) is 5.73 Å². The Balaban J connectivity index is 1.67. The lowest BCUT2D eigenvalue weighted by atomic mass is 10.0. The lowest BCUT2D eigenvalue weighted by Crippen LogP contribution is -2.09. The molecule has 0 bridgehead atoms. The normalized spacial score (nSPS) is 11.9. The maximum absolute atomic E-state index is 11.9. The van der Waals surface area contributed by atoms with Crippen LogP contribution in [0.1, 0.15) is 29.8 Å². The molecule has 184 valence electrons. The summed E-state index contributed by atoms with van der Waals surface area (Å²) in [5.41, 5.74) is 9.53. The van der Waals surface area contributed by atoms with E-state index in [1.165, 1.54) is 12.3 Å². The van der Waals surface area contributed by atoms with Crippen molar-refractivity contribution in [3.63, 3.8) is 0 Å². The van der Waals surface area contributed by atoms with E-state index < -0.39 is 10.1 Å². The van der Waals surface area contributed by atoms with Crippen LogP contribution in [0, 0.1) is 6.92 Å². The van der Waals surface area contributed by atoms with E-state index >= 15 is 0 Å². The smallest absolute Gasteiger partial charge is 0.295 e. The molecule has 1 heterocycles. The predicted molar refractivity (Wildman–Crippen MR) is 138 cm³/mol. The van der Waals surface area contributed by atoms with Crippen molar-refractivity contribution in [1.82, 2.24) is 4.98 Å². The number of nitrogen functional groups attached to an aromatic ring is 1. The molecule has 10 heteroatoms. The Kier molecular flexibility index (Phi) is 6.82. The molecular weight excluding hydrogens is 480 g/mol. The first-order valence-corrected chi connectivity index (χ1v) is 12.5. The first-order chi connectivity index (χ1) is 17.1. The average molecular weight is 505 g/mol. The second kappa shape index (κ2) is 9.84. The number of carbonyl (C=O) groups excluding carboxylic acids is 1. The summed E-state index contributed by atoms with van der Waals surface area (Å²) in [6.45, 7) is 5.66. The number of fused-ring (bicyclic) bond motifs is 1. The fourth-order valence-corrected chi connectivity index (χ4v) is 4.52. The molecule has 9 nitrogen and oxygen atoms in total. The molecule has 36 heavy (non-hydrogen) atoms. The van der Waals surface area contributed by atoms with E-state index in [1.54, 1.807) is 42.5 Å². The number of nitrogens with zero attached hydrogens (tertiary/aromatic N) is 3. The van der Waals surface area contributed by atoms with Gasteiger partial charge in [0.25, 0.3) is 10.1 Å². The number of hydrogen-bond acceptors (Lipinski definition) is 8. The van der Waals surface area contributed by atoms with Crippen LogP contribution in [0.4, 0.5) is 17.1 Å². The molecule has 0 saturated carbocycles. The van der Waals surface area contributed by atoms with Gasteiger partial charge in [-0.2, -0.15) is 8.42 Å². The monoisotopic (exact) mass is 504 g/mol. The summed E-state index contributed by atoms with van der Waals surface area (Å²) in [6.07, 6.45) is 2.18. The van der Waals surface area contributed by atoms with Gasteiger partial charge in [0, 0.05) is 16.3 Å². The van der Waals surface area contributed by atoms with E-state index in [1.807, 2.05) is 26.8 Å². The Labute approximate surface area is 208 Å². The van der Waals surface area contributed by atoms with Gasteiger partial charge >= 0.3 is 0 Å². The van der Waals surface area contributed by atoms with Crippen molar-refractivity contribution in [2.24, 2.45) is 10.2 Å². The van der Waals surface area contributed by atoms with Crippen molar-refractivity contribution < 1.29 is 22.5 Å². The molecule has 0 atom stereocenters. The van der Waals surface area contributed by atoms with Crippen LogP contribution in [-0.4, -0.2) is 30.3 Å². The fourth-order valence-electron chi connectivity index (χ4n) is 3.81. The SMILES string of the molecule is Cc1cc(-c2ccc(N=Nc3cc(S(=O)(=O)O)c4ccccc4c3N)cn2)cc(C=O)c1OC(C)C. The van der Waals surface area contributed by atoms with Crippen molar-refractivity contribution in [1.29, 1.82) is 0 Å². The topological polar surface area (TPSA) is 144 Å². The molecule has 0 spiro atoms. The summed E-state index contributed by atoms with van der Waals surface area (Å²) in [6, 6.07) is 14.7. The molecule has 1 aromatic heterocycles. The predicted octanol–water partition coefficient (Wildman–Crippen LogP) is 6.05. The number of aryl methyl sites for hydroxylation is 1. The number of aldehydes is 1. The highest BCUT2D eigenvalue weighted by atomic mass is 32.2. The van der Waals surface area contributed by atoms with Gasteiger partial charge in [0.05, 0.1) is 29.2 Å². The van der Waals surface area contributed by atoms with Gasteiger partial charge in [-0.25, -0.2) is 0 Å². The molecule has 0 fully saturated rings. The molecule has 4 rings (SSSR count). The van der Waals surface area contributed by atoms with E-state index in [4.69, 9.17) is 10.5 Å². The number of nitrogens with two attached hydrogens (primary N) is 1. The van der Waals surface area contributed by atoms with Crippen LogP contribution in [0.15, 0.2) is 75.9 Å². The summed E-state index contributed by atoms with van der Waals surface area (Å²) < 4.78 is 39.2. The molecule has 0 unspecified atom stereocenters. The number of benzene rings is 3. The Morgan fingerprint density at radius 2 is 1.78 bits per heavy atom. The Morgan fingerprint density at radius 1 is 1.06 bits per heavy atom. The highest BCUT2D eigenvalue weighted by Gasteiger charge is 2.18. The Hall–Kier alpha value is -4.15. The molecule has 0 radical (unpaired) electrons. The first-order valence-electron chi connectivity index (χ1n) is 11.0. The lowest BCUT2D eigenvalue weighted by molar-refractivity contribution is 0.111. The minimum absolute atomic E-state index is 0.0683. The Morgan fingerprint density at radius 3 is 2.39 bits per heavy atom. The number of ether oxygens (including phenoxy) is 1. The van der Waals surface area contributed by atoms with Crippen LogP contribution in [0.25, 0.3) is 22.0 Å². The van der Waals surface area contributed by atoms with Crippen LogP contribution in [0.3, 0.4) is 0 Å². The highest BCUT2D eigenvalue weighted by molar-refractivity contribution is 7.86. The third kappa shape index (κ3) is 5.09. The van der Waals surface area contributed by atoms with Crippen LogP contribution >= 0.6 is 0 Å². The van der Waals surface area contributed by atoms with Gasteiger partial charge in [0.1, 0.15) is 22.0 Å². The van der Waals surface area contributed by atoms with Gasteiger partial charge in [0.15, 0.2) is 6.29 Å². The molecule has 0 aliphatic carbocycles. The van der Waals surface area contributed by atoms with E-state index in [2.05, 4.69) is 15.2 Å². The summed E-state index contributed by atoms with van der Waals surface area (Å²) in [7, 11) is -4.51. The van der Waals surface area contributed by atoms with Gasteiger partial charge in [-0.15, -0.1) is 10.2 Å². The molecule has 0 aliphatic rings. The van der Waals surface area contributed by atoms with Crippen LogP contribution in [-0.2, 0) is 10.1 Å². The third-order valence-electron chi connectivity index (χ3n) is 5.41. The number of hydrogen-bond donors (Lipinski definition) is 2. The molecule has 0 aliphatic heterocycles.